The van der Waals surface area contributed by atoms with Crippen molar-refractivity contribution in [3.63, 3.8) is 0 Å². The van der Waals surface area contributed by atoms with E-state index in [2.05, 4.69) is 0 Å². The first-order chi connectivity index (χ1) is 13.5. The summed E-state index contributed by atoms with van der Waals surface area (Å²) in [5.74, 6) is -0.192. The van der Waals surface area contributed by atoms with E-state index in [1.165, 1.54) is 16.4 Å². The van der Waals surface area contributed by atoms with Crippen molar-refractivity contribution in [1.82, 2.24) is 4.31 Å². The van der Waals surface area contributed by atoms with E-state index in [1.807, 2.05) is 24.3 Å². The van der Waals surface area contributed by atoms with Gasteiger partial charge in [0.1, 0.15) is 0 Å². The van der Waals surface area contributed by atoms with Crippen molar-refractivity contribution in [3.05, 3.63) is 59.7 Å². The van der Waals surface area contributed by atoms with Crippen LogP contribution in [0, 0.1) is 0 Å². The molecule has 1 amide bonds. The molecule has 2 aliphatic rings. The molecule has 1 atom stereocenters. The summed E-state index contributed by atoms with van der Waals surface area (Å²) >= 11 is 0. The van der Waals surface area contributed by atoms with Crippen molar-refractivity contribution in [2.75, 3.05) is 24.5 Å². The third-order valence-corrected chi connectivity index (χ3v) is 7.29. The maximum atomic E-state index is 13.1. The molecule has 0 aromatic heterocycles. The van der Waals surface area contributed by atoms with E-state index in [-0.39, 0.29) is 17.3 Å². The van der Waals surface area contributed by atoms with Crippen molar-refractivity contribution in [2.45, 2.75) is 36.7 Å². The van der Waals surface area contributed by atoms with Crippen LogP contribution in [0.15, 0.2) is 53.4 Å². The SMILES string of the molecule is O=C(c1cccc(S(=O)(=O)N2CCCC(O)C2)c1)N1CCCc2ccccc21. The first-order valence-electron chi connectivity index (χ1n) is 9.65. The first kappa shape index (κ1) is 19.1. The number of anilines is 1. The molecule has 4 rings (SSSR count). The molecule has 0 radical (unpaired) electrons. The Morgan fingerprint density at radius 3 is 2.68 bits per heavy atom. The quantitative estimate of drug-likeness (QED) is 0.858. The third kappa shape index (κ3) is 3.57. The maximum absolute atomic E-state index is 13.1. The van der Waals surface area contributed by atoms with E-state index in [9.17, 15) is 18.3 Å². The number of nitrogens with zero attached hydrogens (tertiary/aromatic N) is 2. The summed E-state index contributed by atoms with van der Waals surface area (Å²) in [6.07, 6.45) is 2.42. The molecule has 7 heteroatoms. The van der Waals surface area contributed by atoms with Gasteiger partial charge in [0.25, 0.3) is 5.91 Å². The summed E-state index contributed by atoms with van der Waals surface area (Å²) in [4.78, 5) is 15.0. The highest BCUT2D eigenvalue weighted by atomic mass is 32.2. The summed E-state index contributed by atoms with van der Waals surface area (Å²) in [5, 5.41) is 9.83. The lowest BCUT2D eigenvalue weighted by molar-refractivity contribution is 0.0984. The fraction of sp³-hybridized carbons (Fsp3) is 0.381. The summed E-state index contributed by atoms with van der Waals surface area (Å²) in [6, 6.07) is 14.1. The van der Waals surface area contributed by atoms with Gasteiger partial charge in [-0.2, -0.15) is 4.31 Å². The van der Waals surface area contributed by atoms with Crippen molar-refractivity contribution in [2.24, 2.45) is 0 Å². The smallest absolute Gasteiger partial charge is 0.258 e. The molecule has 28 heavy (non-hydrogen) atoms. The van der Waals surface area contributed by atoms with Gasteiger partial charge in [-0.25, -0.2) is 8.42 Å². The van der Waals surface area contributed by atoms with Crippen LogP contribution in [0.25, 0.3) is 0 Å². The van der Waals surface area contributed by atoms with Gasteiger partial charge in [-0.1, -0.05) is 24.3 Å². The topological polar surface area (TPSA) is 77.9 Å². The Morgan fingerprint density at radius 1 is 1.04 bits per heavy atom. The Hall–Kier alpha value is -2.22. The molecule has 2 aromatic rings. The van der Waals surface area contributed by atoms with Crippen molar-refractivity contribution >= 4 is 21.6 Å². The van der Waals surface area contributed by atoms with Gasteiger partial charge in [-0.15, -0.1) is 0 Å². The van der Waals surface area contributed by atoms with Gasteiger partial charge in [-0.05, 0) is 55.5 Å². The van der Waals surface area contributed by atoms with Crippen LogP contribution in [-0.2, 0) is 16.4 Å². The van der Waals surface area contributed by atoms with Gasteiger partial charge >= 0.3 is 0 Å². The minimum atomic E-state index is -3.74. The van der Waals surface area contributed by atoms with Gasteiger partial charge in [-0.3, -0.25) is 4.79 Å². The number of aryl methyl sites for hydroxylation is 1. The number of piperidine rings is 1. The Kier molecular flexibility index (Phi) is 5.23. The zero-order chi connectivity index (χ0) is 19.7. The molecule has 0 bridgehead atoms. The number of sulfonamides is 1. The molecule has 2 aromatic carbocycles. The molecule has 148 valence electrons. The van der Waals surface area contributed by atoms with Crippen LogP contribution >= 0.6 is 0 Å². The molecule has 0 spiro atoms. The molecular weight excluding hydrogens is 376 g/mol. The highest BCUT2D eigenvalue weighted by Crippen LogP contribution is 2.29. The lowest BCUT2D eigenvalue weighted by Crippen LogP contribution is -2.42. The lowest BCUT2D eigenvalue weighted by atomic mass is 10.0. The summed E-state index contributed by atoms with van der Waals surface area (Å²) in [7, 11) is -3.74. The number of carbonyl (C=O) groups excluding carboxylic acids is 1. The second-order valence-corrected chi connectivity index (χ2v) is 9.31. The molecule has 0 aliphatic carbocycles. The number of benzene rings is 2. The van der Waals surface area contributed by atoms with Crippen molar-refractivity contribution < 1.29 is 18.3 Å². The van der Waals surface area contributed by atoms with Crippen LogP contribution in [0.2, 0.25) is 0 Å². The predicted molar refractivity (Wildman–Crippen MR) is 107 cm³/mol. The monoisotopic (exact) mass is 400 g/mol. The van der Waals surface area contributed by atoms with E-state index in [0.717, 1.165) is 24.1 Å². The van der Waals surface area contributed by atoms with Crippen LogP contribution in [0.3, 0.4) is 0 Å². The van der Waals surface area contributed by atoms with Crippen LogP contribution < -0.4 is 4.90 Å². The summed E-state index contributed by atoms with van der Waals surface area (Å²) in [6.45, 7) is 1.10. The highest BCUT2D eigenvalue weighted by molar-refractivity contribution is 7.89. The predicted octanol–water partition coefficient (Wildman–Crippen LogP) is 2.43. The summed E-state index contributed by atoms with van der Waals surface area (Å²) < 4.78 is 27.3. The fourth-order valence-electron chi connectivity index (χ4n) is 3.98. The normalized spacial score (nSPS) is 20.6. The largest absolute Gasteiger partial charge is 0.392 e. The number of amides is 1. The van der Waals surface area contributed by atoms with Gasteiger partial charge in [0.05, 0.1) is 11.0 Å². The Labute approximate surface area is 165 Å². The van der Waals surface area contributed by atoms with Crippen LogP contribution in [0.4, 0.5) is 5.69 Å². The second-order valence-electron chi connectivity index (χ2n) is 7.38. The molecule has 0 saturated carbocycles. The third-order valence-electron chi connectivity index (χ3n) is 5.43. The molecule has 6 nitrogen and oxygen atoms in total. The molecular formula is C21H24N2O4S. The number of fused-ring (bicyclic) bond motifs is 1. The van der Waals surface area contributed by atoms with E-state index in [4.69, 9.17) is 0 Å². The number of aliphatic hydroxyl groups is 1. The summed E-state index contributed by atoms with van der Waals surface area (Å²) in [5.41, 5.74) is 2.38. The Morgan fingerprint density at radius 2 is 1.86 bits per heavy atom. The number of aliphatic hydroxyl groups excluding tert-OH is 1. The molecule has 2 aliphatic heterocycles. The molecule has 1 unspecified atom stereocenters. The molecule has 1 N–H and O–H groups in total. The highest BCUT2D eigenvalue weighted by Gasteiger charge is 2.30. The minimum Gasteiger partial charge on any atom is -0.392 e. The maximum Gasteiger partial charge on any atom is 0.258 e. The average Bonchev–Trinajstić information content (AvgIpc) is 2.73. The number of rotatable bonds is 3. The molecule has 1 saturated heterocycles. The Balaban J connectivity index is 1.63. The number of hydrogen-bond acceptors (Lipinski definition) is 4. The zero-order valence-corrected chi connectivity index (χ0v) is 16.4. The molecule has 2 heterocycles. The number of para-hydroxylation sites is 1. The standard InChI is InChI=1S/C21H24N2O4S/c24-18-9-5-12-22(15-18)28(26,27)19-10-3-7-17(14-19)21(25)23-13-4-8-16-6-1-2-11-20(16)23/h1-3,6-7,10-11,14,18,24H,4-5,8-9,12-13,15H2. The van der Waals surface area contributed by atoms with E-state index >= 15 is 0 Å². The van der Waals surface area contributed by atoms with Gasteiger partial charge in [0.15, 0.2) is 0 Å². The molecule has 1 fully saturated rings. The number of carbonyl (C=O) groups is 1. The first-order valence-corrected chi connectivity index (χ1v) is 11.1. The van der Waals surface area contributed by atoms with Crippen LogP contribution in [0.5, 0.6) is 0 Å². The lowest BCUT2D eigenvalue weighted by Gasteiger charge is -2.30. The number of β-amino-alcohol motifs (C(OH)–C–C–N with tert-alkyl or cyclic N) is 1. The van der Waals surface area contributed by atoms with Gasteiger partial charge < -0.3 is 10.0 Å². The van der Waals surface area contributed by atoms with Crippen LogP contribution in [-0.4, -0.2) is 49.5 Å². The van der Waals surface area contributed by atoms with Gasteiger partial charge in [0.2, 0.25) is 10.0 Å². The van der Waals surface area contributed by atoms with E-state index < -0.39 is 16.1 Å². The zero-order valence-electron chi connectivity index (χ0n) is 15.6. The van der Waals surface area contributed by atoms with E-state index in [0.29, 0.717) is 31.5 Å². The van der Waals surface area contributed by atoms with Gasteiger partial charge in [0, 0.05) is 30.9 Å². The number of hydrogen-bond donors (Lipinski definition) is 1. The average molecular weight is 401 g/mol. The van der Waals surface area contributed by atoms with Crippen molar-refractivity contribution in [3.8, 4) is 0 Å². The van der Waals surface area contributed by atoms with Crippen molar-refractivity contribution in [1.29, 1.82) is 0 Å². The van der Waals surface area contributed by atoms with Crippen LogP contribution in [0.1, 0.15) is 35.2 Å². The van der Waals surface area contributed by atoms with E-state index in [1.54, 1.807) is 17.0 Å². The fourth-order valence-corrected chi connectivity index (χ4v) is 5.54. The Bertz CT molecular complexity index is 989. The second kappa shape index (κ2) is 7.66. The minimum absolute atomic E-state index is 0.0951.